The van der Waals surface area contributed by atoms with Gasteiger partial charge < -0.3 is 63.5 Å². The van der Waals surface area contributed by atoms with Gasteiger partial charge in [0.1, 0.15) is 37.6 Å². The summed E-state index contributed by atoms with van der Waals surface area (Å²) in [5.41, 5.74) is 1.48. The second kappa shape index (κ2) is 16.0. The Hall–Kier alpha value is -2.04. The minimum absolute atomic E-state index is 0. The quantitative estimate of drug-likeness (QED) is 0.355. The van der Waals surface area contributed by atoms with Crippen molar-refractivity contribution in [3.63, 3.8) is 0 Å². The van der Waals surface area contributed by atoms with E-state index in [1.807, 2.05) is 60.7 Å². The van der Waals surface area contributed by atoms with Crippen LogP contribution in [-0.2, 0) is 0 Å². The van der Waals surface area contributed by atoms with E-state index in [0.29, 0.717) is 26.2 Å². The van der Waals surface area contributed by atoms with E-state index in [9.17, 15) is 10.4 Å². The summed E-state index contributed by atoms with van der Waals surface area (Å²) in [7, 11) is 0. The first-order chi connectivity index (χ1) is 9.62. The standard InChI is InChI=1S/C16H18N2O2.8H2O/c19-17(15-7-3-1-4-8-15)11-13-18(20,14-12-17)16-9-5-2-6-10-16;;;;;;;;/h1-10H,11-14H2;8*1H2. The molecule has 2 aromatic carbocycles. The Morgan fingerprint density at radius 1 is 0.429 bits per heavy atom. The van der Waals surface area contributed by atoms with Crippen molar-refractivity contribution in [3.8, 4) is 0 Å². The Balaban J connectivity index is -0.000000151. The summed E-state index contributed by atoms with van der Waals surface area (Å²) in [4.78, 5) is 0. The van der Waals surface area contributed by atoms with Gasteiger partial charge >= 0.3 is 0 Å². The largest absolute Gasteiger partial charge is 0.627 e. The molecule has 0 unspecified atom stereocenters. The number of para-hydroxylation sites is 2. The van der Waals surface area contributed by atoms with Crippen LogP contribution in [-0.4, -0.2) is 70.0 Å². The lowest BCUT2D eigenvalue weighted by molar-refractivity contribution is 0.219. The number of hydrogen-bond acceptors (Lipinski definition) is 2. The van der Waals surface area contributed by atoms with Crippen LogP contribution in [0.5, 0.6) is 0 Å². The summed E-state index contributed by atoms with van der Waals surface area (Å²) in [6.07, 6.45) is 0. The molecule has 0 bridgehead atoms. The zero-order valence-electron chi connectivity index (χ0n) is 15.3. The van der Waals surface area contributed by atoms with Crippen molar-refractivity contribution in [1.82, 2.24) is 9.29 Å². The summed E-state index contributed by atoms with van der Waals surface area (Å²) < 4.78 is -0.786. The van der Waals surface area contributed by atoms with E-state index in [2.05, 4.69) is 0 Å². The number of rotatable bonds is 2. The van der Waals surface area contributed by atoms with Gasteiger partial charge in [0.2, 0.25) is 0 Å². The van der Waals surface area contributed by atoms with Crippen molar-refractivity contribution in [3.05, 3.63) is 71.1 Å². The fraction of sp³-hybridized carbons (Fsp3) is 0.250. The molecule has 0 amide bonds. The van der Waals surface area contributed by atoms with Gasteiger partial charge in [-0.25, -0.2) is 0 Å². The van der Waals surface area contributed by atoms with Crippen molar-refractivity contribution in [1.29, 1.82) is 0 Å². The van der Waals surface area contributed by atoms with Crippen molar-refractivity contribution >= 4 is 11.4 Å². The van der Waals surface area contributed by atoms with Gasteiger partial charge in [0.15, 0.2) is 0 Å². The lowest BCUT2D eigenvalue weighted by Gasteiger charge is -2.53. The van der Waals surface area contributed by atoms with Crippen molar-refractivity contribution < 1.29 is 43.8 Å². The van der Waals surface area contributed by atoms with E-state index in [4.69, 9.17) is 0 Å². The second-order valence-electron chi connectivity index (χ2n) is 5.34. The molecule has 12 nitrogen and oxygen atoms in total. The number of hydrogen-bond donors (Lipinski definition) is 0. The van der Waals surface area contributed by atoms with E-state index < -0.39 is 9.29 Å². The monoisotopic (exact) mass is 414 g/mol. The van der Waals surface area contributed by atoms with Gasteiger partial charge in [-0.15, -0.1) is 0 Å². The van der Waals surface area contributed by atoms with Crippen LogP contribution in [0.3, 0.4) is 0 Å². The summed E-state index contributed by atoms with van der Waals surface area (Å²) in [5, 5.41) is 25.7. The van der Waals surface area contributed by atoms with Gasteiger partial charge in [0.05, 0.1) is 0 Å². The molecule has 0 aromatic heterocycles. The maximum atomic E-state index is 12.8. The smallest absolute Gasteiger partial charge is 0.134 e. The molecule has 12 heteroatoms. The van der Waals surface area contributed by atoms with Crippen LogP contribution in [0.4, 0.5) is 11.4 Å². The van der Waals surface area contributed by atoms with Crippen molar-refractivity contribution in [2.45, 2.75) is 0 Å². The lowest BCUT2D eigenvalue weighted by atomic mass is 10.2. The highest BCUT2D eigenvalue weighted by Crippen LogP contribution is 2.30. The number of nitrogens with zero attached hydrogens (tertiary/aromatic N) is 2. The predicted molar refractivity (Wildman–Crippen MR) is 112 cm³/mol. The Morgan fingerprint density at radius 2 is 0.643 bits per heavy atom. The van der Waals surface area contributed by atoms with Gasteiger partial charge in [0.25, 0.3) is 0 Å². The highest BCUT2D eigenvalue weighted by Gasteiger charge is 2.35. The molecular weight excluding hydrogens is 380 g/mol. The Bertz CT molecular complexity index is 527. The third kappa shape index (κ3) is 7.91. The molecule has 0 radical (unpaired) electrons. The van der Waals surface area contributed by atoms with Gasteiger partial charge in [-0.05, 0) is 24.3 Å². The topological polar surface area (TPSA) is 298 Å². The normalized spacial score (nSPS) is 21.5. The average molecular weight is 414 g/mol. The first-order valence-electron chi connectivity index (χ1n) is 6.90. The predicted octanol–water partition coefficient (Wildman–Crippen LogP) is -3.59. The Kier molecular flexibility index (Phi) is 23.1. The zero-order chi connectivity index (χ0) is 14.1. The van der Waals surface area contributed by atoms with E-state index in [-0.39, 0.29) is 43.8 Å². The van der Waals surface area contributed by atoms with Crippen molar-refractivity contribution in [2.75, 3.05) is 26.2 Å². The molecule has 0 aliphatic carbocycles. The fourth-order valence-corrected chi connectivity index (χ4v) is 2.79. The average Bonchev–Trinajstić information content (AvgIpc) is 2.52. The summed E-state index contributed by atoms with van der Waals surface area (Å²) in [6, 6.07) is 18.7. The fourth-order valence-electron chi connectivity index (χ4n) is 2.79. The molecule has 2 aromatic rings. The number of quaternary nitrogens is 2. The third-order valence-electron chi connectivity index (χ3n) is 4.10. The van der Waals surface area contributed by atoms with E-state index in [0.717, 1.165) is 11.4 Å². The Morgan fingerprint density at radius 3 is 0.857 bits per heavy atom. The molecular formula is C16H34N2O10. The van der Waals surface area contributed by atoms with Crippen LogP contribution in [0.1, 0.15) is 0 Å². The highest BCUT2D eigenvalue weighted by atomic mass is 16.6. The molecule has 3 rings (SSSR count). The highest BCUT2D eigenvalue weighted by molar-refractivity contribution is 5.48. The lowest BCUT2D eigenvalue weighted by Crippen LogP contribution is -2.64. The summed E-state index contributed by atoms with van der Waals surface area (Å²) >= 11 is 0. The minimum atomic E-state index is -0.393. The minimum Gasteiger partial charge on any atom is -0.627 e. The van der Waals surface area contributed by atoms with E-state index in [1.54, 1.807) is 0 Å². The van der Waals surface area contributed by atoms with Crippen LogP contribution in [0, 0.1) is 10.4 Å². The molecule has 1 saturated heterocycles. The number of hydroxylamine groups is 4. The van der Waals surface area contributed by atoms with Crippen LogP contribution in [0.2, 0.25) is 0 Å². The van der Waals surface area contributed by atoms with Crippen LogP contribution >= 0.6 is 0 Å². The molecule has 28 heavy (non-hydrogen) atoms. The molecule has 1 aliphatic rings. The third-order valence-corrected chi connectivity index (χ3v) is 4.10. The molecule has 1 fully saturated rings. The molecule has 16 N–H and O–H groups in total. The maximum absolute atomic E-state index is 12.8. The zero-order valence-corrected chi connectivity index (χ0v) is 15.3. The number of benzene rings is 2. The molecule has 0 atom stereocenters. The van der Waals surface area contributed by atoms with E-state index >= 15 is 0 Å². The Labute approximate surface area is 162 Å². The molecule has 168 valence electrons. The maximum Gasteiger partial charge on any atom is 0.134 e. The first-order valence-corrected chi connectivity index (χ1v) is 6.90. The first kappa shape index (κ1) is 40.6. The summed E-state index contributed by atoms with van der Waals surface area (Å²) in [5.74, 6) is 0. The van der Waals surface area contributed by atoms with Crippen LogP contribution < -0.4 is 9.29 Å². The van der Waals surface area contributed by atoms with Gasteiger partial charge in [0, 0.05) is 0 Å². The molecule has 0 spiro atoms. The second-order valence-corrected chi connectivity index (χ2v) is 5.34. The number of piperazine rings is 1. The van der Waals surface area contributed by atoms with E-state index in [1.165, 1.54) is 0 Å². The van der Waals surface area contributed by atoms with Crippen LogP contribution in [0.15, 0.2) is 60.7 Å². The van der Waals surface area contributed by atoms with Gasteiger partial charge in [-0.2, -0.15) is 0 Å². The SMILES string of the molecule is O.O.O.O.O.O.O.O.[O-][N+]1(c2ccccc2)CC[N+]([O-])(c2ccccc2)CC1. The van der Waals surface area contributed by atoms with Crippen LogP contribution in [0.25, 0.3) is 0 Å². The van der Waals surface area contributed by atoms with Gasteiger partial charge in [-0.3, -0.25) is 0 Å². The van der Waals surface area contributed by atoms with Crippen molar-refractivity contribution in [2.24, 2.45) is 0 Å². The summed E-state index contributed by atoms with van der Waals surface area (Å²) in [6.45, 7) is 1.29. The molecule has 1 heterocycles. The molecule has 0 saturated carbocycles. The molecule has 1 aliphatic heterocycles. The van der Waals surface area contributed by atoms with Gasteiger partial charge in [-0.1, -0.05) is 36.4 Å².